The Balaban J connectivity index is 2.34. The summed E-state index contributed by atoms with van der Waals surface area (Å²) in [5, 5.41) is 0.956. The minimum absolute atomic E-state index is 0.190. The highest BCUT2D eigenvalue weighted by atomic mass is 16.5. The van der Waals surface area contributed by atoms with Crippen LogP contribution in [0.2, 0.25) is 0 Å². The van der Waals surface area contributed by atoms with Crippen molar-refractivity contribution in [3.8, 4) is 0 Å². The van der Waals surface area contributed by atoms with Crippen LogP contribution in [0.15, 0.2) is 35.4 Å². The fourth-order valence-electron chi connectivity index (χ4n) is 2.69. The first-order valence-corrected chi connectivity index (χ1v) is 7.02. The van der Waals surface area contributed by atoms with E-state index in [4.69, 9.17) is 0 Å². The minimum atomic E-state index is -0.917. The maximum absolute atomic E-state index is 12.7. The number of methoxy groups -OCH3 is 2. The van der Waals surface area contributed by atoms with Crippen LogP contribution in [0, 0.1) is 0 Å². The van der Waals surface area contributed by atoms with Gasteiger partial charge in [-0.25, -0.2) is 9.59 Å². The Bertz CT molecular complexity index is 991. The summed E-state index contributed by atoms with van der Waals surface area (Å²) < 4.78 is 9.25. The molecular weight excluding hydrogens is 312 g/mol. The lowest BCUT2D eigenvalue weighted by atomic mass is 9.88. The highest BCUT2D eigenvalue weighted by molar-refractivity contribution is 6.30. The van der Waals surface area contributed by atoms with Gasteiger partial charge in [0, 0.05) is 11.1 Å². The summed E-state index contributed by atoms with van der Waals surface area (Å²) >= 11 is 0. The van der Waals surface area contributed by atoms with E-state index in [9.17, 15) is 19.2 Å². The van der Waals surface area contributed by atoms with Crippen LogP contribution in [0.3, 0.4) is 0 Å². The third-order valence-electron chi connectivity index (χ3n) is 3.85. The first kappa shape index (κ1) is 15.6. The molecule has 2 aliphatic carbocycles. The van der Waals surface area contributed by atoms with Crippen LogP contribution in [0.4, 0.5) is 0 Å². The van der Waals surface area contributed by atoms with Crippen LogP contribution in [0.5, 0.6) is 0 Å². The van der Waals surface area contributed by atoms with E-state index in [1.807, 2.05) is 0 Å². The van der Waals surface area contributed by atoms with E-state index < -0.39 is 17.7 Å². The number of ketones is 2. The van der Waals surface area contributed by atoms with Crippen LogP contribution >= 0.6 is 0 Å². The lowest BCUT2D eigenvalue weighted by molar-refractivity contribution is -0.138. The number of fused-ring (bicyclic) bond motifs is 2. The minimum Gasteiger partial charge on any atom is -0.465 e. The summed E-state index contributed by atoms with van der Waals surface area (Å²) in [6.07, 6.45) is 6.06. The quantitative estimate of drug-likeness (QED) is 0.555. The van der Waals surface area contributed by atoms with Crippen LogP contribution in [-0.2, 0) is 19.1 Å². The molecule has 0 aliphatic heterocycles. The molecule has 1 aromatic carbocycles. The fourth-order valence-corrected chi connectivity index (χ4v) is 2.69. The molecule has 0 unspecified atom stereocenters. The molecule has 0 saturated heterocycles. The van der Waals surface area contributed by atoms with E-state index in [-0.39, 0.29) is 22.5 Å². The van der Waals surface area contributed by atoms with Crippen molar-refractivity contribution < 1.29 is 28.7 Å². The number of hydrogen-bond acceptors (Lipinski definition) is 6. The maximum Gasteiger partial charge on any atom is 0.342 e. The van der Waals surface area contributed by atoms with Crippen molar-refractivity contribution in [3.63, 3.8) is 0 Å². The molecule has 6 nitrogen and oxygen atoms in total. The van der Waals surface area contributed by atoms with Crippen molar-refractivity contribution in [2.45, 2.75) is 0 Å². The Morgan fingerprint density at radius 3 is 2.25 bits per heavy atom. The predicted molar refractivity (Wildman–Crippen MR) is 83.5 cm³/mol. The van der Waals surface area contributed by atoms with Gasteiger partial charge in [0.05, 0.1) is 19.8 Å². The Morgan fingerprint density at radius 2 is 1.58 bits per heavy atom. The summed E-state index contributed by atoms with van der Waals surface area (Å²) in [5.41, 5.74) is 0.0752. The van der Waals surface area contributed by atoms with Gasteiger partial charge in [0.15, 0.2) is 5.78 Å². The van der Waals surface area contributed by atoms with E-state index in [2.05, 4.69) is 9.47 Å². The van der Waals surface area contributed by atoms with Crippen molar-refractivity contribution in [2.75, 3.05) is 14.2 Å². The largest absolute Gasteiger partial charge is 0.465 e. The Hall–Kier alpha value is -3.28. The van der Waals surface area contributed by atoms with Crippen molar-refractivity contribution >= 4 is 35.7 Å². The van der Waals surface area contributed by atoms with Crippen LogP contribution < -0.4 is 10.4 Å². The Morgan fingerprint density at radius 1 is 0.917 bits per heavy atom. The molecule has 0 bridgehead atoms. The first-order valence-electron chi connectivity index (χ1n) is 7.02. The zero-order valence-corrected chi connectivity index (χ0v) is 12.9. The highest BCUT2D eigenvalue weighted by Gasteiger charge is 2.32. The van der Waals surface area contributed by atoms with Gasteiger partial charge in [-0.15, -0.1) is 0 Å². The Kier molecular flexibility index (Phi) is 3.73. The average Bonchev–Trinajstić information content (AvgIpc) is 2.59. The third-order valence-corrected chi connectivity index (χ3v) is 3.85. The molecule has 120 valence electrons. The van der Waals surface area contributed by atoms with E-state index in [1.165, 1.54) is 24.3 Å². The van der Waals surface area contributed by atoms with Gasteiger partial charge in [-0.2, -0.15) is 0 Å². The lowest BCUT2D eigenvalue weighted by Crippen LogP contribution is -2.33. The molecule has 6 heteroatoms. The maximum atomic E-state index is 12.7. The van der Waals surface area contributed by atoms with Gasteiger partial charge in [-0.1, -0.05) is 12.2 Å². The molecule has 24 heavy (non-hydrogen) atoms. The number of carbonyl (C=O) groups excluding carboxylic acids is 4. The predicted octanol–water partition coefficient (Wildman–Crippen LogP) is -0.161. The topological polar surface area (TPSA) is 86.7 Å². The molecule has 3 rings (SSSR count). The van der Waals surface area contributed by atoms with Crippen molar-refractivity contribution in [3.05, 3.63) is 57.0 Å². The number of benzene rings is 1. The number of carbonyl (C=O) groups is 4. The molecule has 2 aliphatic rings. The molecule has 0 fully saturated rings. The number of rotatable bonds is 2. The SMILES string of the molecule is COC(=O)C1=C(C(=O)OC)C(=O)c2cc3c(cc2=C1)C(=O)C=CC=3. The molecule has 0 heterocycles. The number of hydrogen-bond donors (Lipinski definition) is 0. The van der Waals surface area contributed by atoms with Gasteiger partial charge in [0.2, 0.25) is 5.78 Å². The Labute approximate surface area is 136 Å². The summed E-state index contributed by atoms with van der Waals surface area (Å²) in [5.74, 6) is -2.58. The van der Waals surface area contributed by atoms with Gasteiger partial charge < -0.3 is 9.47 Å². The van der Waals surface area contributed by atoms with Crippen LogP contribution in [0.1, 0.15) is 20.7 Å². The molecule has 0 spiro atoms. The van der Waals surface area contributed by atoms with E-state index in [0.29, 0.717) is 16.0 Å². The standard InChI is InChI=1S/C18H12O6/c1-23-17(21)13-8-10-7-11-9(4-3-5-14(11)19)6-12(10)16(20)15(13)18(22)24-2/h3-8H,1-2H3. The van der Waals surface area contributed by atoms with Crippen molar-refractivity contribution in [1.29, 1.82) is 0 Å². The van der Waals surface area contributed by atoms with E-state index in [1.54, 1.807) is 12.2 Å². The molecule has 0 aromatic heterocycles. The van der Waals surface area contributed by atoms with E-state index in [0.717, 1.165) is 14.2 Å². The molecule has 0 radical (unpaired) electrons. The van der Waals surface area contributed by atoms with Gasteiger partial charge in [0.25, 0.3) is 0 Å². The second-order valence-corrected chi connectivity index (χ2v) is 5.16. The summed E-state index contributed by atoms with van der Waals surface area (Å²) in [7, 11) is 2.27. The lowest BCUT2D eigenvalue weighted by Gasteiger charge is -2.15. The number of allylic oxidation sites excluding steroid dienone is 2. The molecular formula is C18H12O6. The van der Waals surface area contributed by atoms with Gasteiger partial charge in [0.1, 0.15) is 5.57 Å². The monoisotopic (exact) mass is 324 g/mol. The summed E-state index contributed by atoms with van der Waals surface area (Å²) in [6, 6.07) is 3.06. The number of ether oxygens (including phenoxy) is 2. The van der Waals surface area contributed by atoms with Crippen molar-refractivity contribution in [2.24, 2.45) is 0 Å². The number of Topliss-reactive ketones (excluding diaryl/α,β-unsaturated/α-hetero) is 1. The van der Waals surface area contributed by atoms with Crippen molar-refractivity contribution in [1.82, 2.24) is 0 Å². The van der Waals surface area contributed by atoms with Gasteiger partial charge in [-0.3, -0.25) is 9.59 Å². The summed E-state index contributed by atoms with van der Waals surface area (Å²) in [4.78, 5) is 48.6. The average molecular weight is 324 g/mol. The normalized spacial score (nSPS) is 15.1. The second kappa shape index (κ2) is 5.73. The highest BCUT2D eigenvalue weighted by Crippen LogP contribution is 2.19. The molecule has 1 aromatic rings. The van der Waals surface area contributed by atoms with Gasteiger partial charge in [-0.05, 0) is 34.7 Å². The summed E-state index contributed by atoms with van der Waals surface area (Å²) in [6.45, 7) is 0. The first-order chi connectivity index (χ1) is 11.5. The second-order valence-electron chi connectivity index (χ2n) is 5.16. The molecule has 0 saturated carbocycles. The molecule has 0 N–H and O–H groups in total. The third kappa shape index (κ3) is 2.28. The van der Waals surface area contributed by atoms with E-state index >= 15 is 0 Å². The zero-order valence-electron chi connectivity index (χ0n) is 12.9. The molecule has 0 amide bonds. The smallest absolute Gasteiger partial charge is 0.342 e. The number of esters is 2. The zero-order chi connectivity index (χ0) is 17.4. The van der Waals surface area contributed by atoms with Crippen LogP contribution in [0.25, 0.3) is 12.2 Å². The van der Waals surface area contributed by atoms with Gasteiger partial charge >= 0.3 is 11.9 Å². The molecule has 0 atom stereocenters. The van der Waals surface area contributed by atoms with Crippen LogP contribution in [-0.4, -0.2) is 37.7 Å². The fraction of sp³-hybridized carbons (Fsp3) is 0.111.